The molecular formula is C24H32N2O3. The number of hydrogen-bond donors (Lipinski definition) is 1. The molecule has 1 aliphatic rings. The minimum Gasteiger partial charge on any atom is -0.462 e. The molecule has 0 radical (unpaired) electrons. The van der Waals surface area contributed by atoms with Gasteiger partial charge < -0.3 is 14.6 Å². The highest BCUT2D eigenvalue weighted by Crippen LogP contribution is 2.32. The van der Waals surface area contributed by atoms with Gasteiger partial charge in [-0.15, -0.1) is 0 Å². The number of benzene rings is 1. The predicted octanol–water partition coefficient (Wildman–Crippen LogP) is 4.64. The molecule has 2 atom stereocenters. The van der Waals surface area contributed by atoms with Gasteiger partial charge in [-0.25, -0.2) is 4.79 Å². The quantitative estimate of drug-likeness (QED) is 0.724. The molecule has 0 spiro atoms. The lowest BCUT2D eigenvalue weighted by atomic mass is 9.86. The first-order valence-corrected chi connectivity index (χ1v) is 10.7. The van der Waals surface area contributed by atoms with Crippen LogP contribution in [0.3, 0.4) is 0 Å². The van der Waals surface area contributed by atoms with Gasteiger partial charge in [-0.05, 0) is 50.7 Å². The fourth-order valence-corrected chi connectivity index (χ4v) is 4.49. The molecule has 0 aliphatic heterocycles. The Balaban J connectivity index is 1.94. The number of carbonyl (C=O) groups excluding carboxylic acids is 2. The van der Waals surface area contributed by atoms with Gasteiger partial charge in [0.15, 0.2) is 0 Å². The average Bonchev–Trinajstić information content (AvgIpc) is 2.94. The second kappa shape index (κ2) is 9.29. The van der Waals surface area contributed by atoms with E-state index < -0.39 is 0 Å². The van der Waals surface area contributed by atoms with E-state index in [0.29, 0.717) is 18.1 Å². The second-order valence-electron chi connectivity index (χ2n) is 8.04. The van der Waals surface area contributed by atoms with Crippen molar-refractivity contribution >= 4 is 11.9 Å². The van der Waals surface area contributed by atoms with Crippen molar-refractivity contribution in [3.05, 3.63) is 47.2 Å². The Kier molecular flexibility index (Phi) is 6.78. The van der Waals surface area contributed by atoms with Gasteiger partial charge in [-0.1, -0.05) is 50.1 Å². The lowest BCUT2D eigenvalue weighted by Gasteiger charge is -2.29. The van der Waals surface area contributed by atoms with Gasteiger partial charge in [0.25, 0.3) is 0 Å². The Morgan fingerprint density at radius 3 is 2.48 bits per heavy atom. The Morgan fingerprint density at radius 1 is 1.14 bits per heavy atom. The van der Waals surface area contributed by atoms with Crippen molar-refractivity contribution in [2.24, 2.45) is 5.92 Å². The highest BCUT2D eigenvalue weighted by atomic mass is 16.5. The minimum atomic E-state index is -0.334. The van der Waals surface area contributed by atoms with Crippen LogP contribution in [0.2, 0.25) is 0 Å². The molecule has 1 aliphatic carbocycles. The molecule has 5 nitrogen and oxygen atoms in total. The summed E-state index contributed by atoms with van der Waals surface area (Å²) in [5, 5.41) is 3.23. The number of nitrogens with one attached hydrogen (secondary N) is 1. The van der Waals surface area contributed by atoms with E-state index in [0.717, 1.165) is 35.4 Å². The first-order valence-electron chi connectivity index (χ1n) is 10.7. The standard InChI is InChI=1S/C24H32N2O3/c1-5-29-24(28)22-17(3)23(19-12-7-6-8-13-19)26(18(22)4)15-21(27)25-20-14-10-9-11-16(20)2/h6-8,12-13,16,20H,5,9-11,14-15H2,1-4H3,(H,25,27)/t16-,20-/m0/s1. The third-order valence-corrected chi connectivity index (χ3v) is 6.05. The van der Waals surface area contributed by atoms with Gasteiger partial charge in [0.1, 0.15) is 6.54 Å². The maximum atomic E-state index is 12.9. The Labute approximate surface area is 173 Å². The van der Waals surface area contributed by atoms with E-state index in [1.165, 1.54) is 12.8 Å². The summed E-state index contributed by atoms with van der Waals surface area (Å²) in [4.78, 5) is 25.5. The van der Waals surface area contributed by atoms with E-state index in [1.54, 1.807) is 6.92 Å². The summed E-state index contributed by atoms with van der Waals surface area (Å²) in [6.07, 6.45) is 4.61. The number of aromatic nitrogens is 1. The lowest BCUT2D eigenvalue weighted by Crippen LogP contribution is -2.42. The van der Waals surface area contributed by atoms with Crippen LogP contribution in [0.5, 0.6) is 0 Å². The Morgan fingerprint density at radius 2 is 1.83 bits per heavy atom. The van der Waals surface area contributed by atoms with E-state index in [9.17, 15) is 9.59 Å². The molecule has 1 aromatic heterocycles. The molecule has 156 valence electrons. The molecule has 3 rings (SSSR count). The number of esters is 1. The zero-order valence-electron chi connectivity index (χ0n) is 18.0. The van der Waals surface area contributed by atoms with Gasteiger partial charge in [0.2, 0.25) is 5.91 Å². The normalized spacial score (nSPS) is 19.0. The number of ether oxygens (including phenoxy) is 1. The van der Waals surface area contributed by atoms with E-state index in [1.807, 2.05) is 48.7 Å². The predicted molar refractivity (Wildman–Crippen MR) is 115 cm³/mol. The summed E-state index contributed by atoms with van der Waals surface area (Å²) < 4.78 is 7.24. The van der Waals surface area contributed by atoms with Gasteiger partial charge >= 0.3 is 5.97 Å². The first-order chi connectivity index (χ1) is 13.9. The number of amides is 1. The highest BCUT2D eigenvalue weighted by molar-refractivity contribution is 5.95. The van der Waals surface area contributed by atoms with Crippen LogP contribution in [-0.4, -0.2) is 29.1 Å². The number of nitrogens with zero attached hydrogens (tertiary/aromatic N) is 1. The Bertz CT molecular complexity index is 870. The molecule has 1 amide bonds. The molecule has 0 bridgehead atoms. The van der Waals surface area contributed by atoms with Crippen LogP contribution < -0.4 is 5.32 Å². The summed E-state index contributed by atoms with van der Waals surface area (Å²) >= 11 is 0. The minimum absolute atomic E-state index is 0.00515. The van der Waals surface area contributed by atoms with Crippen LogP contribution in [-0.2, 0) is 16.1 Å². The molecule has 1 saturated carbocycles. The van der Waals surface area contributed by atoms with Crippen molar-refractivity contribution in [3.8, 4) is 11.3 Å². The van der Waals surface area contributed by atoms with Crippen LogP contribution in [0.15, 0.2) is 30.3 Å². The molecule has 29 heavy (non-hydrogen) atoms. The summed E-state index contributed by atoms with van der Waals surface area (Å²) in [5.41, 5.74) is 4.07. The number of hydrogen-bond acceptors (Lipinski definition) is 3. The van der Waals surface area contributed by atoms with Crippen molar-refractivity contribution < 1.29 is 14.3 Å². The van der Waals surface area contributed by atoms with E-state index in [2.05, 4.69) is 12.2 Å². The SMILES string of the molecule is CCOC(=O)c1c(C)c(-c2ccccc2)n(CC(=O)N[C@H]2CCCC[C@@H]2C)c1C. The fraction of sp³-hybridized carbons (Fsp3) is 0.500. The third-order valence-electron chi connectivity index (χ3n) is 6.05. The fourth-order valence-electron chi connectivity index (χ4n) is 4.49. The number of rotatable bonds is 6. The highest BCUT2D eigenvalue weighted by Gasteiger charge is 2.27. The van der Waals surface area contributed by atoms with Crippen LogP contribution in [0.4, 0.5) is 0 Å². The van der Waals surface area contributed by atoms with Gasteiger partial charge in [-0.3, -0.25) is 4.79 Å². The smallest absolute Gasteiger partial charge is 0.340 e. The average molecular weight is 397 g/mol. The summed E-state index contributed by atoms with van der Waals surface area (Å²) in [6, 6.07) is 10.1. The van der Waals surface area contributed by atoms with Gasteiger partial charge in [0.05, 0.1) is 17.9 Å². The molecule has 1 fully saturated rings. The maximum absolute atomic E-state index is 12.9. The second-order valence-corrected chi connectivity index (χ2v) is 8.04. The molecule has 2 aromatic rings. The van der Waals surface area contributed by atoms with Gasteiger partial charge in [-0.2, -0.15) is 0 Å². The van der Waals surface area contributed by atoms with E-state index in [4.69, 9.17) is 4.74 Å². The summed E-state index contributed by atoms with van der Waals surface area (Å²) in [5.74, 6) is 0.165. The first kappa shape index (κ1) is 21.2. The number of carbonyl (C=O) groups is 2. The summed E-state index contributed by atoms with van der Waals surface area (Å²) in [7, 11) is 0. The molecule has 1 heterocycles. The lowest BCUT2D eigenvalue weighted by molar-refractivity contribution is -0.122. The van der Waals surface area contributed by atoms with Crippen LogP contribution >= 0.6 is 0 Å². The van der Waals surface area contributed by atoms with E-state index >= 15 is 0 Å². The van der Waals surface area contributed by atoms with Crippen LogP contribution in [0.25, 0.3) is 11.3 Å². The van der Waals surface area contributed by atoms with Crippen molar-refractivity contribution in [2.45, 2.75) is 66.0 Å². The van der Waals surface area contributed by atoms with Crippen LogP contribution in [0.1, 0.15) is 61.1 Å². The summed E-state index contributed by atoms with van der Waals surface area (Å²) in [6.45, 7) is 8.35. The van der Waals surface area contributed by atoms with Crippen molar-refractivity contribution in [2.75, 3.05) is 6.61 Å². The Hall–Kier alpha value is -2.56. The molecular weight excluding hydrogens is 364 g/mol. The molecule has 0 unspecified atom stereocenters. The molecule has 1 N–H and O–H groups in total. The topological polar surface area (TPSA) is 60.3 Å². The molecule has 1 aromatic carbocycles. The maximum Gasteiger partial charge on any atom is 0.340 e. The van der Waals surface area contributed by atoms with Crippen molar-refractivity contribution in [1.29, 1.82) is 0 Å². The largest absolute Gasteiger partial charge is 0.462 e. The van der Waals surface area contributed by atoms with Crippen molar-refractivity contribution in [3.63, 3.8) is 0 Å². The van der Waals surface area contributed by atoms with Crippen LogP contribution in [0, 0.1) is 19.8 Å². The zero-order valence-corrected chi connectivity index (χ0v) is 18.0. The van der Waals surface area contributed by atoms with Gasteiger partial charge in [0, 0.05) is 11.7 Å². The third kappa shape index (κ3) is 4.55. The monoisotopic (exact) mass is 396 g/mol. The molecule has 5 heteroatoms. The molecule has 0 saturated heterocycles. The van der Waals surface area contributed by atoms with E-state index in [-0.39, 0.29) is 24.5 Å². The van der Waals surface area contributed by atoms with Crippen molar-refractivity contribution in [1.82, 2.24) is 9.88 Å². The zero-order chi connectivity index (χ0) is 21.0.